The topological polar surface area (TPSA) is 131 Å². The first kappa shape index (κ1) is 30.0. The van der Waals surface area contributed by atoms with Gasteiger partial charge in [0.25, 0.3) is 5.91 Å². The summed E-state index contributed by atoms with van der Waals surface area (Å²) in [6.07, 6.45) is 1.18. The van der Waals surface area contributed by atoms with Crippen molar-refractivity contribution in [2.24, 2.45) is 11.7 Å². The number of rotatable bonds is 11. The van der Waals surface area contributed by atoms with E-state index in [1.165, 1.54) is 41.7 Å². The van der Waals surface area contributed by atoms with Crippen molar-refractivity contribution in [3.05, 3.63) is 89.7 Å². The Morgan fingerprint density at radius 3 is 2.41 bits per heavy atom. The molecule has 2 amide bonds. The van der Waals surface area contributed by atoms with Crippen molar-refractivity contribution in [2.45, 2.75) is 38.3 Å². The Labute approximate surface area is 239 Å². The van der Waals surface area contributed by atoms with Crippen LogP contribution < -0.4 is 25.4 Å². The SMILES string of the molecule is COc1cc(C(=O)N[C@@H](Cc2ccccc2)[C@@H](N)C[C@@H](C)C(=O)Nc2ccc(F)cc2)cc(N2CCCS2(=O)=O)c1. The number of anilines is 2. The van der Waals surface area contributed by atoms with Crippen molar-refractivity contribution in [3.63, 3.8) is 0 Å². The van der Waals surface area contributed by atoms with E-state index in [0.29, 0.717) is 36.5 Å². The number of ether oxygens (including phenoxy) is 1. The van der Waals surface area contributed by atoms with Gasteiger partial charge in [0.2, 0.25) is 15.9 Å². The molecule has 0 spiro atoms. The van der Waals surface area contributed by atoms with E-state index in [2.05, 4.69) is 10.6 Å². The van der Waals surface area contributed by atoms with E-state index >= 15 is 0 Å². The fourth-order valence-electron chi connectivity index (χ4n) is 4.81. The number of hydrogen-bond acceptors (Lipinski definition) is 6. The van der Waals surface area contributed by atoms with E-state index in [0.717, 1.165) is 5.56 Å². The number of halogens is 1. The van der Waals surface area contributed by atoms with Crippen LogP contribution in [0.15, 0.2) is 72.8 Å². The predicted octanol–water partition coefficient (Wildman–Crippen LogP) is 3.71. The van der Waals surface area contributed by atoms with E-state index < -0.39 is 39.7 Å². The van der Waals surface area contributed by atoms with Gasteiger partial charge >= 0.3 is 0 Å². The molecule has 1 fully saturated rings. The Kier molecular flexibility index (Phi) is 9.61. The van der Waals surface area contributed by atoms with Gasteiger partial charge in [0, 0.05) is 41.9 Å². The number of sulfonamides is 1. The van der Waals surface area contributed by atoms with Gasteiger partial charge in [0.1, 0.15) is 11.6 Å². The van der Waals surface area contributed by atoms with Gasteiger partial charge in [-0.25, -0.2) is 12.8 Å². The highest BCUT2D eigenvalue weighted by molar-refractivity contribution is 7.93. The fraction of sp³-hybridized carbons (Fsp3) is 0.333. The van der Waals surface area contributed by atoms with Crippen molar-refractivity contribution in [1.82, 2.24) is 5.32 Å². The summed E-state index contributed by atoms with van der Waals surface area (Å²) in [5.41, 5.74) is 8.62. The van der Waals surface area contributed by atoms with Crippen molar-refractivity contribution in [1.29, 1.82) is 0 Å². The minimum atomic E-state index is -3.46. The Hall–Kier alpha value is -3.96. The lowest BCUT2D eigenvalue weighted by Crippen LogP contribution is -2.50. The fourth-order valence-corrected chi connectivity index (χ4v) is 6.36. The monoisotopic (exact) mass is 582 g/mol. The largest absolute Gasteiger partial charge is 0.497 e. The maximum absolute atomic E-state index is 13.5. The highest BCUT2D eigenvalue weighted by atomic mass is 32.2. The third-order valence-electron chi connectivity index (χ3n) is 7.09. The molecule has 1 aliphatic rings. The number of nitrogens with one attached hydrogen (secondary N) is 2. The number of nitrogens with zero attached hydrogens (tertiary/aromatic N) is 1. The predicted molar refractivity (Wildman–Crippen MR) is 157 cm³/mol. The van der Waals surface area contributed by atoms with Crippen LogP contribution in [0.1, 0.15) is 35.7 Å². The number of benzene rings is 3. The van der Waals surface area contributed by atoms with Crippen LogP contribution in [0.3, 0.4) is 0 Å². The zero-order valence-corrected chi connectivity index (χ0v) is 23.9. The average Bonchev–Trinajstić information content (AvgIpc) is 3.32. The summed E-state index contributed by atoms with van der Waals surface area (Å²) in [4.78, 5) is 26.4. The highest BCUT2D eigenvalue weighted by Crippen LogP contribution is 2.29. The molecule has 0 aliphatic carbocycles. The van der Waals surface area contributed by atoms with Crippen LogP contribution in [0.25, 0.3) is 0 Å². The summed E-state index contributed by atoms with van der Waals surface area (Å²) in [7, 11) is -2.01. The summed E-state index contributed by atoms with van der Waals surface area (Å²) in [5, 5.41) is 5.78. The van der Waals surface area contributed by atoms with Crippen LogP contribution >= 0.6 is 0 Å². The zero-order chi connectivity index (χ0) is 29.6. The molecular formula is C30H35FN4O5S. The van der Waals surface area contributed by atoms with Crippen molar-refractivity contribution < 1.29 is 27.1 Å². The third kappa shape index (κ3) is 7.83. The quantitative estimate of drug-likeness (QED) is 0.316. The van der Waals surface area contributed by atoms with E-state index in [1.54, 1.807) is 19.1 Å². The van der Waals surface area contributed by atoms with Gasteiger partial charge in [0.15, 0.2) is 0 Å². The van der Waals surface area contributed by atoms with Crippen molar-refractivity contribution in [2.75, 3.05) is 29.0 Å². The standard InChI is InChI=1S/C30H35FN4O5S/c1-20(29(36)33-24-11-9-23(31)10-12-24)15-27(32)28(16-21-7-4-3-5-8-21)34-30(37)22-17-25(19-26(18-22)40-2)35-13-6-14-41(35,38)39/h3-5,7-12,17-20,27-28H,6,13-16,32H2,1-2H3,(H,33,36)(H,34,37)/t20-,27+,28+/m1/s1. The Morgan fingerprint density at radius 2 is 1.78 bits per heavy atom. The maximum Gasteiger partial charge on any atom is 0.251 e. The molecule has 3 aromatic rings. The van der Waals surface area contributed by atoms with E-state index in [9.17, 15) is 22.4 Å². The minimum absolute atomic E-state index is 0.0483. The number of carbonyl (C=O) groups is 2. The molecule has 1 heterocycles. The summed E-state index contributed by atoms with van der Waals surface area (Å²) < 4.78 is 44.9. The first-order valence-corrected chi connectivity index (χ1v) is 15.0. The Morgan fingerprint density at radius 1 is 1.07 bits per heavy atom. The van der Waals surface area contributed by atoms with Crippen LogP contribution in [0.2, 0.25) is 0 Å². The minimum Gasteiger partial charge on any atom is -0.497 e. The summed E-state index contributed by atoms with van der Waals surface area (Å²) >= 11 is 0. The molecule has 4 rings (SSSR count). The lowest BCUT2D eigenvalue weighted by atomic mass is 9.92. The molecule has 218 valence electrons. The molecule has 0 radical (unpaired) electrons. The number of methoxy groups -OCH3 is 1. The Balaban J connectivity index is 1.52. The second kappa shape index (κ2) is 13.1. The van der Waals surface area contributed by atoms with Crippen LogP contribution in [0.5, 0.6) is 5.75 Å². The molecule has 3 aromatic carbocycles. The summed E-state index contributed by atoms with van der Waals surface area (Å²) in [6.45, 7) is 2.07. The van der Waals surface area contributed by atoms with Gasteiger partial charge in [0.05, 0.1) is 18.6 Å². The molecule has 1 saturated heterocycles. The van der Waals surface area contributed by atoms with Crippen molar-refractivity contribution >= 4 is 33.2 Å². The highest BCUT2D eigenvalue weighted by Gasteiger charge is 2.30. The van der Waals surface area contributed by atoms with Crippen LogP contribution in [-0.2, 0) is 21.2 Å². The van der Waals surface area contributed by atoms with Gasteiger partial charge in [-0.1, -0.05) is 37.3 Å². The first-order valence-electron chi connectivity index (χ1n) is 13.4. The van der Waals surface area contributed by atoms with Gasteiger partial charge in [-0.15, -0.1) is 0 Å². The Bertz CT molecular complexity index is 1470. The molecule has 4 N–H and O–H groups in total. The molecule has 3 atom stereocenters. The van der Waals surface area contributed by atoms with Crippen molar-refractivity contribution in [3.8, 4) is 5.75 Å². The molecule has 0 bridgehead atoms. The maximum atomic E-state index is 13.5. The molecule has 1 aliphatic heterocycles. The first-order chi connectivity index (χ1) is 19.6. The third-order valence-corrected chi connectivity index (χ3v) is 8.96. The second-order valence-electron chi connectivity index (χ2n) is 10.2. The van der Waals surface area contributed by atoms with Crippen LogP contribution in [-0.4, -0.2) is 51.7 Å². The second-order valence-corrected chi connectivity index (χ2v) is 12.2. The summed E-state index contributed by atoms with van der Waals surface area (Å²) in [5.74, 6) is -1.23. The molecular weight excluding hydrogens is 547 g/mol. The molecule has 0 unspecified atom stereocenters. The molecule has 0 saturated carbocycles. The van der Waals surface area contributed by atoms with Gasteiger partial charge in [-0.2, -0.15) is 0 Å². The number of hydrogen-bond donors (Lipinski definition) is 3. The lowest BCUT2D eigenvalue weighted by molar-refractivity contribution is -0.119. The normalized spacial score (nSPS) is 16.4. The van der Waals surface area contributed by atoms with Gasteiger partial charge in [-0.3, -0.25) is 13.9 Å². The molecule has 9 nitrogen and oxygen atoms in total. The lowest BCUT2D eigenvalue weighted by Gasteiger charge is -2.27. The van der Waals surface area contributed by atoms with Gasteiger partial charge in [-0.05, 0) is 61.2 Å². The summed E-state index contributed by atoms with van der Waals surface area (Å²) in [6, 6.07) is 18.5. The number of carbonyl (C=O) groups excluding carboxylic acids is 2. The molecule has 11 heteroatoms. The van der Waals surface area contributed by atoms with E-state index in [-0.39, 0.29) is 23.6 Å². The number of nitrogens with two attached hydrogens (primary N) is 1. The number of amides is 2. The molecule has 41 heavy (non-hydrogen) atoms. The van der Waals surface area contributed by atoms with Gasteiger partial charge < -0.3 is 21.1 Å². The van der Waals surface area contributed by atoms with E-state index in [4.69, 9.17) is 10.5 Å². The van der Waals surface area contributed by atoms with Crippen LogP contribution in [0, 0.1) is 11.7 Å². The zero-order valence-electron chi connectivity index (χ0n) is 23.0. The average molecular weight is 583 g/mol. The van der Waals surface area contributed by atoms with Crippen LogP contribution in [0.4, 0.5) is 15.8 Å². The van der Waals surface area contributed by atoms with E-state index in [1.807, 2.05) is 30.3 Å². The smallest absolute Gasteiger partial charge is 0.251 e. The molecule has 0 aromatic heterocycles.